The summed E-state index contributed by atoms with van der Waals surface area (Å²) in [6.07, 6.45) is 0. The summed E-state index contributed by atoms with van der Waals surface area (Å²) in [5, 5.41) is 0. The summed E-state index contributed by atoms with van der Waals surface area (Å²) in [5.41, 5.74) is 2.48. The molecule has 0 radical (unpaired) electrons. The van der Waals surface area contributed by atoms with E-state index in [0.29, 0.717) is 44.8 Å². The van der Waals surface area contributed by atoms with Gasteiger partial charge in [-0.25, -0.2) is 0 Å². The Balaban J connectivity index is 1.29. The maximum atomic E-state index is 6.06. The third kappa shape index (κ3) is 5.56. The predicted molar refractivity (Wildman–Crippen MR) is 115 cm³/mol. The molecular weight excluding hydrogens is 411 g/mol. The normalized spacial score (nSPS) is 20.8. The minimum absolute atomic E-state index is 0.475. The summed E-state index contributed by atoms with van der Waals surface area (Å²) in [7, 11) is 0. The van der Waals surface area contributed by atoms with Gasteiger partial charge in [-0.15, -0.1) is 0 Å². The second kappa shape index (κ2) is 10.0. The molecular formula is C25H26O2Se. The summed E-state index contributed by atoms with van der Waals surface area (Å²) < 4.78 is 13.6. The van der Waals surface area contributed by atoms with Crippen molar-refractivity contribution in [2.45, 2.75) is 18.0 Å². The Bertz CT molecular complexity index is 771. The van der Waals surface area contributed by atoms with E-state index in [0.717, 1.165) is 13.2 Å². The monoisotopic (exact) mass is 438 g/mol. The number of hydrogen-bond acceptors (Lipinski definition) is 2. The van der Waals surface area contributed by atoms with Crippen LogP contribution in [0.15, 0.2) is 91.0 Å². The van der Waals surface area contributed by atoms with Crippen molar-refractivity contribution in [2.24, 2.45) is 11.8 Å². The Morgan fingerprint density at radius 3 is 1.46 bits per heavy atom. The van der Waals surface area contributed by atoms with E-state index in [1.165, 1.54) is 15.6 Å². The Labute approximate surface area is 174 Å². The van der Waals surface area contributed by atoms with E-state index in [9.17, 15) is 0 Å². The SMILES string of the molecule is c1ccc(COC[C@@H]2C([Se]c3ccccc3)[C@@H]2COCc2ccccc2)cc1. The molecule has 28 heavy (non-hydrogen) atoms. The van der Waals surface area contributed by atoms with Crippen LogP contribution in [0, 0.1) is 11.8 Å². The molecule has 0 bridgehead atoms. The van der Waals surface area contributed by atoms with E-state index in [4.69, 9.17) is 9.47 Å². The van der Waals surface area contributed by atoms with E-state index in [2.05, 4.69) is 78.9 Å². The second-order valence-electron chi connectivity index (χ2n) is 7.22. The van der Waals surface area contributed by atoms with Gasteiger partial charge in [0.15, 0.2) is 0 Å². The van der Waals surface area contributed by atoms with Crippen molar-refractivity contribution in [2.75, 3.05) is 13.2 Å². The van der Waals surface area contributed by atoms with Crippen LogP contribution in [0.4, 0.5) is 0 Å². The van der Waals surface area contributed by atoms with Crippen LogP contribution < -0.4 is 4.46 Å². The number of hydrogen-bond donors (Lipinski definition) is 0. The van der Waals surface area contributed by atoms with Crippen molar-refractivity contribution in [1.29, 1.82) is 0 Å². The molecule has 0 aliphatic heterocycles. The van der Waals surface area contributed by atoms with E-state index in [-0.39, 0.29) is 0 Å². The standard InChI is InChI=1S/C25H26O2Se/c1-4-10-20(11-5-1)16-26-18-23-24(19-27-17-21-12-6-2-7-13-21)25(23)28-22-14-8-3-9-15-22/h1-15,23-25H,16-19H2/t23-,24+,25?. The van der Waals surface area contributed by atoms with Gasteiger partial charge in [-0.1, -0.05) is 0 Å². The topological polar surface area (TPSA) is 18.5 Å². The molecule has 0 heterocycles. The van der Waals surface area contributed by atoms with Gasteiger partial charge >= 0.3 is 174 Å². The molecule has 3 aromatic rings. The van der Waals surface area contributed by atoms with Crippen molar-refractivity contribution in [1.82, 2.24) is 0 Å². The molecule has 1 saturated carbocycles. The number of rotatable bonds is 10. The van der Waals surface area contributed by atoms with Gasteiger partial charge in [0, 0.05) is 0 Å². The summed E-state index contributed by atoms with van der Waals surface area (Å²) in [6.45, 7) is 3.04. The molecule has 3 heteroatoms. The molecule has 0 spiro atoms. The molecule has 3 aromatic carbocycles. The van der Waals surface area contributed by atoms with Crippen LogP contribution in [0.3, 0.4) is 0 Å². The van der Waals surface area contributed by atoms with Gasteiger partial charge in [0.2, 0.25) is 0 Å². The van der Waals surface area contributed by atoms with Crippen LogP contribution in [0.25, 0.3) is 0 Å². The van der Waals surface area contributed by atoms with Gasteiger partial charge in [-0.05, 0) is 0 Å². The molecule has 3 atom stereocenters. The molecule has 4 rings (SSSR count). The van der Waals surface area contributed by atoms with Crippen molar-refractivity contribution >= 4 is 19.4 Å². The third-order valence-electron chi connectivity index (χ3n) is 5.11. The average molecular weight is 437 g/mol. The molecule has 0 N–H and O–H groups in total. The van der Waals surface area contributed by atoms with Crippen LogP contribution >= 0.6 is 0 Å². The van der Waals surface area contributed by atoms with Gasteiger partial charge in [-0.2, -0.15) is 0 Å². The molecule has 1 fully saturated rings. The third-order valence-corrected chi connectivity index (χ3v) is 8.29. The van der Waals surface area contributed by atoms with Crippen LogP contribution in [-0.2, 0) is 22.7 Å². The quantitative estimate of drug-likeness (QED) is 0.436. The fourth-order valence-electron chi connectivity index (χ4n) is 3.45. The van der Waals surface area contributed by atoms with Crippen LogP contribution in [0.1, 0.15) is 11.1 Å². The summed E-state index contributed by atoms with van der Waals surface area (Å²) in [5.74, 6) is 1.22. The van der Waals surface area contributed by atoms with Gasteiger partial charge in [0.25, 0.3) is 0 Å². The first-order chi connectivity index (χ1) is 13.9. The first kappa shape index (κ1) is 19.4. The molecule has 0 aromatic heterocycles. The van der Waals surface area contributed by atoms with Gasteiger partial charge in [-0.3, -0.25) is 0 Å². The first-order valence-electron chi connectivity index (χ1n) is 9.85. The van der Waals surface area contributed by atoms with E-state index in [1.54, 1.807) is 0 Å². The van der Waals surface area contributed by atoms with Crippen LogP contribution in [0.5, 0.6) is 0 Å². The first-order valence-corrected chi connectivity index (χ1v) is 11.7. The summed E-state index contributed by atoms with van der Waals surface area (Å²) in [4.78, 5) is 0.710. The van der Waals surface area contributed by atoms with Crippen molar-refractivity contribution in [3.8, 4) is 0 Å². The average Bonchev–Trinajstić information content (AvgIpc) is 3.40. The number of benzene rings is 3. The molecule has 1 unspecified atom stereocenters. The van der Waals surface area contributed by atoms with Gasteiger partial charge in [0.05, 0.1) is 0 Å². The fraction of sp³-hybridized carbons (Fsp3) is 0.280. The van der Waals surface area contributed by atoms with Gasteiger partial charge < -0.3 is 0 Å². The van der Waals surface area contributed by atoms with Crippen molar-refractivity contribution < 1.29 is 9.47 Å². The Hall–Kier alpha value is -1.90. The minimum atomic E-state index is 0.475. The molecule has 144 valence electrons. The maximum absolute atomic E-state index is 6.06. The zero-order valence-corrected chi connectivity index (χ0v) is 17.7. The molecule has 0 saturated heterocycles. The van der Waals surface area contributed by atoms with Crippen molar-refractivity contribution in [3.05, 3.63) is 102 Å². The summed E-state index contributed by atoms with van der Waals surface area (Å²) >= 11 is 0.475. The van der Waals surface area contributed by atoms with Crippen LogP contribution in [-0.4, -0.2) is 28.2 Å². The Morgan fingerprint density at radius 1 is 0.571 bits per heavy atom. The van der Waals surface area contributed by atoms with Crippen LogP contribution in [0.2, 0.25) is 4.82 Å². The van der Waals surface area contributed by atoms with E-state index >= 15 is 0 Å². The van der Waals surface area contributed by atoms with Gasteiger partial charge in [0.1, 0.15) is 0 Å². The molecule has 1 aliphatic carbocycles. The zero-order valence-electron chi connectivity index (χ0n) is 15.9. The molecule has 0 amide bonds. The Kier molecular flexibility index (Phi) is 6.96. The molecule has 1 aliphatic rings. The fourth-order valence-corrected chi connectivity index (χ4v) is 6.49. The summed E-state index contributed by atoms with van der Waals surface area (Å²) in [6, 6.07) is 31.7. The molecule has 2 nitrogen and oxygen atoms in total. The second-order valence-corrected chi connectivity index (χ2v) is 9.85. The van der Waals surface area contributed by atoms with E-state index in [1.807, 2.05) is 12.1 Å². The predicted octanol–water partition coefficient (Wildman–Crippen LogP) is 4.48. The number of ether oxygens (including phenoxy) is 2. The van der Waals surface area contributed by atoms with Crippen molar-refractivity contribution in [3.63, 3.8) is 0 Å². The Morgan fingerprint density at radius 2 is 1.00 bits per heavy atom. The zero-order chi connectivity index (χ0) is 19.0. The van der Waals surface area contributed by atoms with E-state index < -0.39 is 0 Å².